The zero-order valence-electron chi connectivity index (χ0n) is 19.1. The molecule has 0 aliphatic heterocycles. The van der Waals surface area contributed by atoms with E-state index in [2.05, 4.69) is 0 Å². The van der Waals surface area contributed by atoms with E-state index in [4.69, 9.17) is 23.7 Å². The minimum Gasteiger partial charge on any atom is -0.486 e. The summed E-state index contributed by atoms with van der Waals surface area (Å²) in [5.41, 5.74) is 2.52. The summed E-state index contributed by atoms with van der Waals surface area (Å²) in [6, 6.07) is 3.72. The van der Waals surface area contributed by atoms with Crippen LogP contribution in [0, 0.1) is 12.8 Å². The molecule has 1 aromatic carbocycles. The second kappa shape index (κ2) is 11.9. The van der Waals surface area contributed by atoms with Gasteiger partial charge < -0.3 is 23.7 Å². The molecule has 1 aliphatic carbocycles. The normalized spacial score (nSPS) is 17.2. The Morgan fingerprint density at radius 1 is 0.906 bits per heavy atom. The zero-order valence-corrected chi connectivity index (χ0v) is 19.1. The number of methoxy groups -OCH3 is 1. The average Bonchev–Trinajstić information content (AvgIpc) is 2.75. The summed E-state index contributed by atoms with van der Waals surface area (Å²) in [5, 5.41) is 0. The molecule has 0 fully saturated rings. The smallest absolute Gasteiger partial charge is 0.334 e. The summed E-state index contributed by atoms with van der Waals surface area (Å²) in [5.74, 6) is -0.346. The van der Waals surface area contributed by atoms with Crippen molar-refractivity contribution in [3.05, 3.63) is 47.1 Å². The van der Waals surface area contributed by atoms with Gasteiger partial charge in [-0.05, 0) is 36.1 Å². The fourth-order valence-corrected chi connectivity index (χ4v) is 3.47. The van der Waals surface area contributed by atoms with Crippen molar-refractivity contribution in [3.8, 4) is 11.5 Å². The van der Waals surface area contributed by atoms with Gasteiger partial charge in [-0.1, -0.05) is 25.2 Å². The van der Waals surface area contributed by atoms with Crippen molar-refractivity contribution in [2.75, 3.05) is 33.5 Å². The maximum absolute atomic E-state index is 12.1. The van der Waals surface area contributed by atoms with E-state index in [1.54, 1.807) is 6.08 Å². The predicted molar refractivity (Wildman–Crippen MR) is 117 cm³/mol. The van der Waals surface area contributed by atoms with Crippen molar-refractivity contribution in [1.82, 2.24) is 0 Å². The first-order chi connectivity index (χ1) is 15.2. The van der Waals surface area contributed by atoms with E-state index in [1.165, 1.54) is 21.0 Å². The molecular formula is C24H30O8. The third-order valence-corrected chi connectivity index (χ3v) is 5.03. The number of hydrogen-bond acceptors (Lipinski definition) is 8. The second-order valence-corrected chi connectivity index (χ2v) is 7.35. The Balaban J connectivity index is 2.27. The van der Waals surface area contributed by atoms with E-state index in [1.807, 2.05) is 38.1 Å². The molecule has 0 bridgehead atoms. The maximum atomic E-state index is 12.1. The molecule has 32 heavy (non-hydrogen) atoms. The minimum absolute atomic E-state index is 0.0694. The standard InChI is InChI=1S/C24H30O8/c1-15-13-22(31-11-9-29-17(3)25)23(32-12-10-30-18(4)26)14-21(15)19-7-6-8-20(16(19)2)24(27)28-5/h6-8,13-14,16,19H,9-12H2,1-5H3. The van der Waals surface area contributed by atoms with Crippen LogP contribution in [0.4, 0.5) is 0 Å². The van der Waals surface area contributed by atoms with Gasteiger partial charge in [0.2, 0.25) is 0 Å². The van der Waals surface area contributed by atoms with Crippen LogP contribution in [0.15, 0.2) is 35.9 Å². The molecule has 8 heteroatoms. The molecule has 2 atom stereocenters. The first kappa shape index (κ1) is 25.0. The monoisotopic (exact) mass is 446 g/mol. The maximum Gasteiger partial charge on any atom is 0.334 e. The SMILES string of the molecule is COC(=O)C1=CC=CC(c2cc(OCCOC(C)=O)c(OCCOC(C)=O)cc2C)C1C. The van der Waals surface area contributed by atoms with E-state index < -0.39 is 0 Å². The third kappa shape index (κ3) is 6.87. The highest BCUT2D eigenvalue weighted by Gasteiger charge is 2.29. The number of rotatable bonds is 10. The molecule has 0 spiro atoms. The highest BCUT2D eigenvalue weighted by Crippen LogP contribution is 2.40. The van der Waals surface area contributed by atoms with E-state index in [0.717, 1.165) is 11.1 Å². The van der Waals surface area contributed by atoms with E-state index in [-0.39, 0.29) is 56.2 Å². The lowest BCUT2D eigenvalue weighted by molar-refractivity contribution is -0.142. The summed E-state index contributed by atoms with van der Waals surface area (Å²) in [7, 11) is 1.37. The molecule has 0 saturated heterocycles. The highest BCUT2D eigenvalue weighted by molar-refractivity contribution is 5.90. The quantitative estimate of drug-likeness (QED) is 0.307. The van der Waals surface area contributed by atoms with Gasteiger partial charge in [0.05, 0.1) is 7.11 Å². The number of carbonyl (C=O) groups is 3. The predicted octanol–water partition coefficient (Wildman–Crippen LogP) is 3.27. The molecule has 8 nitrogen and oxygen atoms in total. The Kier molecular flexibility index (Phi) is 9.31. The number of ether oxygens (including phenoxy) is 5. The zero-order chi connectivity index (χ0) is 23.7. The van der Waals surface area contributed by atoms with Crippen LogP contribution in [0.5, 0.6) is 11.5 Å². The summed E-state index contributed by atoms with van der Waals surface area (Å²) in [4.78, 5) is 34.1. The largest absolute Gasteiger partial charge is 0.486 e. The Morgan fingerprint density at radius 3 is 2.00 bits per heavy atom. The number of hydrogen-bond donors (Lipinski definition) is 0. The lowest BCUT2D eigenvalue weighted by Crippen LogP contribution is -2.21. The Morgan fingerprint density at radius 2 is 1.47 bits per heavy atom. The molecule has 1 aliphatic rings. The van der Waals surface area contributed by atoms with Crippen LogP contribution >= 0.6 is 0 Å². The Labute approximate surface area is 188 Å². The van der Waals surface area contributed by atoms with Crippen molar-refractivity contribution < 1.29 is 38.1 Å². The van der Waals surface area contributed by atoms with Crippen LogP contribution in [0.1, 0.15) is 37.8 Å². The summed E-state index contributed by atoms with van der Waals surface area (Å²) in [6.45, 7) is 7.10. The molecular weight excluding hydrogens is 416 g/mol. The van der Waals surface area contributed by atoms with Crippen LogP contribution in [0.3, 0.4) is 0 Å². The third-order valence-electron chi connectivity index (χ3n) is 5.03. The number of esters is 3. The number of allylic oxidation sites excluding steroid dienone is 3. The van der Waals surface area contributed by atoms with Gasteiger partial charge in [-0.15, -0.1) is 0 Å². The van der Waals surface area contributed by atoms with Gasteiger partial charge in [0, 0.05) is 25.3 Å². The number of benzene rings is 1. The average molecular weight is 446 g/mol. The molecule has 0 saturated carbocycles. The molecule has 0 amide bonds. The first-order valence-electron chi connectivity index (χ1n) is 10.4. The number of aryl methyl sites for hydroxylation is 1. The Hall–Kier alpha value is -3.29. The first-order valence-corrected chi connectivity index (χ1v) is 10.4. The molecule has 0 aromatic heterocycles. The molecule has 0 radical (unpaired) electrons. The van der Waals surface area contributed by atoms with Crippen LogP contribution in [-0.2, 0) is 28.6 Å². The minimum atomic E-state index is -0.389. The second-order valence-electron chi connectivity index (χ2n) is 7.35. The van der Waals surface area contributed by atoms with Gasteiger partial charge in [0.25, 0.3) is 0 Å². The molecule has 2 unspecified atom stereocenters. The molecule has 0 N–H and O–H groups in total. The highest BCUT2D eigenvalue weighted by atomic mass is 16.6. The molecule has 174 valence electrons. The van der Waals surface area contributed by atoms with Crippen molar-refractivity contribution in [3.63, 3.8) is 0 Å². The van der Waals surface area contributed by atoms with Crippen LogP contribution in [0.25, 0.3) is 0 Å². The lowest BCUT2D eigenvalue weighted by Gasteiger charge is -2.27. The Bertz CT molecular complexity index is 900. The fraction of sp³-hybridized carbons (Fsp3) is 0.458. The van der Waals surface area contributed by atoms with Crippen molar-refractivity contribution in [2.45, 2.75) is 33.6 Å². The van der Waals surface area contributed by atoms with Crippen molar-refractivity contribution >= 4 is 17.9 Å². The van der Waals surface area contributed by atoms with Gasteiger partial charge in [0.15, 0.2) is 11.5 Å². The van der Waals surface area contributed by atoms with Crippen molar-refractivity contribution in [1.29, 1.82) is 0 Å². The van der Waals surface area contributed by atoms with Gasteiger partial charge in [-0.2, -0.15) is 0 Å². The molecule has 0 heterocycles. The van der Waals surface area contributed by atoms with E-state index in [0.29, 0.717) is 17.1 Å². The van der Waals surface area contributed by atoms with E-state index in [9.17, 15) is 14.4 Å². The summed E-state index contributed by atoms with van der Waals surface area (Å²) >= 11 is 0. The van der Waals surface area contributed by atoms with Crippen LogP contribution in [0.2, 0.25) is 0 Å². The molecule has 1 aromatic rings. The summed E-state index contributed by atoms with van der Waals surface area (Å²) < 4.78 is 26.4. The van der Waals surface area contributed by atoms with Gasteiger partial charge in [0.1, 0.15) is 26.4 Å². The van der Waals surface area contributed by atoms with Crippen LogP contribution in [-0.4, -0.2) is 51.4 Å². The fourth-order valence-electron chi connectivity index (χ4n) is 3.47. The van der Waals surface area contributed by atoms with Gasteiger partial charge in [-0.25, -0.2) is 4.79 Å². The van der Waals surface area contributed by atoms with Crippen LogP contribution < -0.4 is 9.47 Å². The van der Waals surface area contributed by atoms with Gasteiger partial charge in [-0.3, -0.25) is 9.59 Å². The topological polar surface area (TPSA) is 97.4 Å². The van der Waals surface area contributed by atoms with Gasteiger partial charge >= 0.3 is 17.9 Å². The number of carbonyl (C=O) groups excluding carboxylic acids is 3. The lowest BCUT2D eigenvalue weighted by atomic mass is 9.78. The van der Waals surface area contributed by atoms with Crippen molar-refractivity contribution in [2.24, 2.45) is 5.92 Å². The molecule has 2 rings (SSSR count). The summed E-state index contributed by atoms with van der Waals surface area (Å²) in [6.07, 6.45) is 5.65. The van der Waals surface area contributed by atoms with E-state index >= 15 is 0 Å².